The summed E-state index contributed by atoms with van der Waals surface area (Å²) in [5.41, 5.74) is 3.40. The number of rotatable bonds is 6. The summed E-state index contributed by atoms with van der Waals surface area (Å²) in [5.74, 6) is -1.04. The lowest BCUT2D eigenvalue weighted by Gasteiger charge is -2.10. The molecule has 0 atom stereocenters. The standard InChI is InChI=1S/C25H18BrClN2O3/c1-32-25(31)16-7-10-22(11-8-16)29-24(30)20(15-28)13-19-14-21(27)9-6-17(19)12-18-4-2-3-5-23(18)26/h2-11,13-14H,12H2,1H3,(H,29,30)/b20-13+. The lowest BCUT2D eigenvalue weighted by atomic mass is 9.98. The van der Waals surface area contributed by atoms with Crippen molar-refractivity contribution in [3.8, 4) is 6.07 Å². The molecule has 0 bridgehead atoms. The molecule has 1 N–H and O–H groups in total. The lowest BCUT2D eigenvalue weighted by Crippen LogP contribution is -2.13. The quantitative estimate of drug-likeness (QED) is 0.250. The SMILES string of the molecule is COC(=O)c1ccc(NC(=O)/C(C#N)=C/c2cc(Cl)ccc2Cc2ccccc2Br)cc1. The van der Waals surface area contributed by atoms with Crippen LogP contribution in [0.5, 0.6) is 0 Å². The minimum atomic E-state index is -0.565. The molecule has 32 heavy (non-hydrogen) atoms. The zero-order valence-electron chi connectivity index (χ0n) is 17.1. The highest BCUT2D eigenvalue weighted by Crippen LogP contribution is 2.25. The Morgan fingerprint density at radius 1 is 1.09 bits per heavy atom. The van der Waals surface area contributed by atoms with E-state index in [1.807, 2.05) is 36.4 Å². The number of amides is 1. The van der Waals surface area contributed by atoms with E-state index in [-0.39, 0.29) is 5.57 Å². The Balaban J connectivity index is 1.86. The van der Waals surface area contributed by atoms with Crippen LogP contribution in [0, 0.1) is 11.3 Å². The molecule has 0 spiro atoms. The van der Waals surface area contributed by atoms with Gasteiger partial charge in [-0.2, -0.15) is 5.26 Å². The van der Waals surface area contributed by atoms with Crippen LogP contribution in [0.3, 0.4) is 0 Å². The van der Waals surface area contributed by atoms with Gasteiger partial charge in [-0.3, -0.25) is 4.79 Å². The van der Waals surface area contributed by atoms with E-state index < -0.39 is 11.9 Å². The van der Waals surface area contributed by atoms with E-state index in [4.69, 9.17) is 11.6 Å². The average molecular weight is 510 g/mol. The number of esters is 1. The Morgan fingerprint density at radius 3 is 2.47 bits per heavy atom. The molecule has 160 valence electrons. The van der Waals surface area contributed by atoms with Crippen molar-refractivity contribution in [3.63, 3.8) is 0 Å². The van der Waals surface area contributed by atoms with Crippen LogP contribution in [0.2, 0.25) is 5.02 Å². The molecule has 0 aliphatic rings. The molecule has 3 aromatic carbocycles. The summed E-state index contributed by atoms with van der Waals surface area (Å²) in [4.78, 5) is 24.2. The first-order chi connectivity index (χ1) is 15.4. The molecule has 0 aromatic heterocycles. The minimum absolute atomic E-state index is 0.0716. The maximum Gasteiger partial charge on any atom is 0.337 e. The number of nitrogens with one attached hydrogen (secondary N) is 1. The molecule has 0 aliphatic carbocycles. The molecular weight excluding hydrogens is 492 g/mol. The lowest BCUT2D eigenvalue weighted by molar-refractivity contribution is -0.112. The Labute approximate surface area is 199 Å². The number of hydrogen-bond acceptors (Lipinski definition) is 4. The Bertz CT molecular complexity index is 1230. The fourth-order valence-electron chi connectivity index (χ4n) is 3.02. The molecular formula is C25H18BrClN2O3. The molecule has 0 radical (unpaired) electrons. The van der Waals surface area contributed by atoms with E-state index in [0.717, 1.165) is 15.6 Å². The van der Waals surface area contributed by atoms with Crippen LogP contribution < -0.4 is 5.32 Å². The van der Waals surface area contributed by atoms with Crippen LogP contribution in [0.4, 0.5) is 5.69 Å². The smallest absolute Gasteiger partial charge is 0.337 e. The number of halogens is 2. The largest absolute Gasteiger partial charge is 0.465 e. The zero-order valence-corrected chi connectivity index (χ0v) is 19.4. The van der Waals surface area contributed by atoms with Crippen molar-refractivity contribution in [2.45, 2.75) is 6.42 Å². The van der Waals surface area contributed by atoms with E-state index >= 15 is 0 Å². The van der Waals surface area contributed by atoms with Crippen LogP contribution in [0.1, 0.15) is 27.0 Å². The van der Waals surface area contributed by atoms with Crippen LogP contribution >= 0.6 is 27.5 Å². The summed E-state index contributed by atoms with van der Waals surface area (Å²) in [7, 11) is 1.29. The number of methoxy groups -OCH3 is 1. The molecule has 0 unspecified atom stereocenters. The summed E-state index contributed by atoms with van der Waals surface area (Å²) >= 11 is 9.73. The van der Waals surface area contributed by atoms with E-state index in [0.29, 0.717) is 28.3 Å². The molecule has 7 heteroatoms. The average Bonchev–Trinajstić information content (AvgIpc) is 2.80. The number of hydrogen-bond donors (Lipinski definition) is 1. The van der Waals surface area contributed by atoms with Gasteiger partial charge in [0, 0.05) is 15.2 Å². The highest BCUT2D eigenvalue weighted by Gasteiger charge is 2.13. The monoisotopic (exact) mass is 508 g/mol. The number of carbonyl (C=O) groups excluding carboxylic acids is 2. The molecule has 3 aromatic rings. The molecule has 3 rings (SSSR count). The summed E-state index contributed by atoms with van der Waals surface area (Å²) in [6.07, 6.45) is 2.12. The summed E-state index contributed by atoms with van der Waals surface area (Å²) in [5, 5.41) is 12.8. The van der Waals surface area contributed by atoms with Gasteiger partial charge in [0.05, 0.1) is 12.7 Å². The summed E-state index contributed by atoms with van der Waals surface area (Å²) < 4.78 is 5.63. The van der Waals surface area contributed by atoms with Gasteiger partial charge in [0.15, 0.2) is 0 Å². The van der Waals surface area contributed by atoms with Gasteiger partial charge in [-0.15, -0.1) is 0 Å². The van der Waals surface area contributed by atoms with Crippen molar-refractivity contribution in [3.05, 3.63) is 104 Å². The fraction of sp³-hybridized carbons (Fsp3) is 0.0800. The van der Waals surface area contributed by atoms with Crippen LogP contribution in [-0.2, 0) is 16.0 Å². The van der Waals surface area contributed by atoms with Crippen molar-refractivity contribution in [1.29, 1.82) is 5.26 Å². The van der Waals surface area contributed by atoms with Crippen molar-refractivity contribution in [1.82, 2.24) is 0 Å². The van der Waals surface area contributed by atoms with E-state index in [1.165, 1.54) is 25.3 Å². The molecule has 1 amide bonds. The zero-order chi connectivity index (χ0) is 23.1. The second kappa shape index (κ2) is 10.8. The molecule has 5 nitrogen and oxygen atoms in total. The maximum absolute atomic E-state index is 12.7. The second-order valence-corrected chi connectivity index (χ2v) is 8.09. The number of nitriles is 1. The molecule has 0 aliphatic heterocycles. The van der Waals surface area contributed by atoms with E-state index in [2.05, 4.69) is 26.0 Å². The molecule has 0 saturated carbocycles. The third kappa shape index (κ3) is 5.85. The Morgan fingerprint density at radius 2 is 1.81 bits per heavy atom. The number of carbonyl (C=O) groups is 2. The minimum Gasteiger partial charge on any atom is -0.465 e. The van der Waals surface area contributed by atoms with Gasteiger partial charge >= 0.3 is 5.97 Å². The van der Waals surface area contributed by atoms with Crippen LogP contribution in [-0.4, -0.2) is 19.0 Å². The van der Waals surface area contributed by atoms with Gasteiger partial charge in [-0.05, 0) is 71.7 Å². The van der Waals surface area contributed by atoms with Crippen LogP contribution in [0.25, 0.3) is 6.08 Å². The number of nitrogens with zero attached hydrogens (tertiary/aromatic N) is 1. The Kier molecular flexibility index (Phi) is 7.82. The predicted molar refractivity (Wildman–Crippen MR) is 128 cm³/mol. The normalized spacial score (nSPS) is 10.9. The van der Waals surface area contributed by atoms with Crippen molar-refractivity contribution >= 4 is 51.2 Å². The van der Waals surface area contributed by atoms with E-state index in [9.17, 15) is 14.9 Å². The number of anilines is 1. The third-order valence-corrected chi connectivity index (χ3v) is 5.68. The Hall–Kier alpha value is -3.40. The topological polar surface area (TPSA) is 79.2 Å². The van der Waals surface area contributed by atoms with Gasteiger partial charge < -0.3 is 10.1 Å². The molecule has 0 saturated heterocycles. The number of benzene rings is 3. The van der Waals surface area contributed by atoms with Gasteiger partial charge in [0.2, 0.25) is 0 Å². The van der Waals surface area contributed by atoms with Crippen LogP contribution in [0.15, 0.2) is 76.8 Å². The van der Waals surface area contributed by atoms with Gasteiger partial charge in [0.25, 0.3) is 5.91 Å². The highest BCUT2D eigenvalue weighted by atomic mass is 79.9. The van der Waals surface area contributed by atoms with Crippen molar-refractivity contribution in [2.24, 2.45) is 0 Å². The second-order valence-electron chi connectivity index (χ2n) is 6.80. The first kappa shape index (κ1) is 23.3. The fourth-order valence-corrected chi connectivity index (χ4v) is 3.62. The first-order valence-corrected chi connectivity index (χ1v) is 10.7. The predicted octanol–water partition coefficient (Wildman–Crippen LogP) is 6.03. The molecule has 0 fully saturated rings. The number of ether oxygens (including phenoxy) is 1. The maximum atomic E-state index is 12.7. The highest BCUT2D eigenvalue weighted by molar-refractivity contribution is 9.10. The van der Waals surface area contributed by atoms with Gasteiger partial charge in [-0.1, -0.05) is 51.8 Å². The van der Waals surface area contributed by atoms with Crippen molar-refractivity contribution < 1.29 is 14.3 Å². The summed E-state index contributed by atoms with van der Waals surface area (Å²) in [6, 6.07) is 21.4. The van der Waals surface area contributed by atoms with Gasteiger partial charge in [0.1, 0.15) is 11.6 Å². The third-order valence-electron chi connectivity index (χ3n) is 4.68. The molecule has 0 heterocycles. The van der Waals surface area contributed by atoms with Gasteiger partial charge in [-0.25, -0.2) is 4.79 Å². The van der Waals surface area contributed by atoms with E-state index in [1.54, 1.807) is 24.3 Å². The summed E-state index contributed by atoms with van der Waals surface area (Å²) in [6.45, 7) is 0. The van der Waals surface area contributed by atoms with Crippen molar-refractivity contribution in [2.75, 3.05) is 12.4 Å². The first-order valence-electron chi connectivity index (χ1n) is 9.54.